The average molecular weight is 519 g/mol. The molecule has 4 rings (SSSR count). The lowest BCUT2D eigenvalue weighted by Gasteiger charge is -2.41. The molecule has 2 aliphatic rings. The maximum absolute atomic E-state index is 14.0. The first kappa shape index (κ1) is 27.8. The zero-order valence-corrected chi connectivity index (χ0v) is 22.9. The number of hydrogen-bond acceptors (Lipinski definition) is 4. The Bertz CT molecular complexity index is 1110. The number of nitrogens with zero attached hydrogens (tertiary/aromatic N) is 1. The van der Waals surface area contributed by atoms with Crippen molar-refractivity contribution in [2.45, 2.75) is 95.3 Å². The lowest BCUT2D eigenvalue weighted by molar-refractivity contribution is -0.141. The second-order valence-corrected chi connectivity index (χ2v) is 11.4. The van der Waals surface area contributed by atoms with E-state index in [9.17, 15) is 14.4 Å². The minimum atomic E-state index is -1.06. The highest BCUT2D eigenvalue weighted by molar-refractivity contribution is 5.96. The molecule has 2 aromatic rings. The molecule has 2 unspecified atom stereocenters. The van der Waals surface area contributed by atoms with Crippen molar-refractivity contribution in [3.63, 3.8) is 0 Å². The van der Waals surface area contributed by atoms with Gasteiger partial charge < -0.3 is 21.3 Å². The SMILES string of the molecule is CCNC(=O)c1ccccc1C1CC2CCC(C1)N2C(=O)[C@H](CCCc1ccccc1)NC(=O)C(C)(C)N. The number of piperidine rings is 1. The highest BCUT2D eigenvalue weighted by Gasteiger charge is 2.46. The van der Waals surface area contributed by atoms with Crippen LogP contribution in [0.3, 0.4) is 0 Å². The molecule has 3 atom stereocenters. The molecule has 3 amide bonds. The van der Waals surface area contributed by atoms with E-state index >= 15 is 0 Å². The van der Waals surface area contributed by atoms with Crippen molar-refractivity contribution in [2.75, 3.05) is 6.54 Å². The van der Waals surface area contributed by atoms with Crippen LogP contribution < -0.4 is 16.4 Å². The predicted octanol–water partition coefficient (Wildman–Crippen LogP) is 3.92. The van der Waals surface area contributed by atoms with Crippen molar-refractivity contribution in [3.8, 4) is 0 Å². The largest absolute Gasteiger partial charge is 0.352 e. The van der Waals surface area contributed by atoms with Gasteiger partial charge in [0.1, 0.15) is 6.04 Å². The van der Waals surface area contributed by atoms with Crippen molar-refractivity contribution in [2.24, 2.45) is 5.73 Å². The number of nitrogens with two attached hydrogens (primary N) is 1. The zero-order valence-electron chi connectivity index (χ0n) is 22.9. The highest BCUT2D eigenvalue weighted by Crippen LogP contribution is 2.44. The van der Waals surface area contributed by atoms with Crippen molar-refractivity contribution in [3.05, 3.63) is 71.3 Å². The summed E-state index contributed by atoms with van der Waals surface area (Å²) >= 11 is 0. The fourth-order valence-corrected chi connectivity index (χ4v) is 6.04. The van der Waals surface area contributed by atoms with Gasteiger partial charge in [0, 0.05) is 24.2 Å². The molecule has 2 aromatic carbocycles. The Hall–Kier alpha value is -3.19. The third-order valence-corrected chi connectivity index (χ3v) is 7.96. The number of rotatable bonds is 10. The van der Waals surface area contributed by atoms with Gasteiger partial charge in [-0.2, -0.15) is 0 Å². The number of benzene rings is 2. The van der Waals surface area contributed by atoms with Gasteiger partial charge in [-0.05, 0) is 88.8 Å². The summed E-state index contributed by atoms with van der Waals surface area (Å²) in [6, 6.07) is 17.7. The van der Waals surface area contributed by atoms with Crippen LogP contribution in [0.25, 0.3) is 0 Å². The predicted molar refractivity (Wildman–Crippen MR) is 150 cm³/mol. The third kappa shape index (κ3) is 6.44. The van der Waals surface area contributed by atoms with E-state index in [1.165, 1.54) is 5.56 Å². The molecule has 7 heteroatoms. The van der Waals surface area contributed by atoms with Crippen LogP contribution in [0.2, 0.25) is 0 Å². The van der Waals surface area contributed by atoms with E-state index in [0.717, 1.165) is 49.7 Å². The van der Waals surface area contributed by atoms with E-state index in [2.05, 4.69) is 28.8 Å². The van der Waals surface area contributed by atoms with Crippen molar-refractivity contribution < 1.29 is 14.4 Å². The minimum absolute atomic E-state index is 0.00128. The quantitative estimate of drug-likeness (QED) is 0.443. The fourth-order valence-electron chi connectivity index (χ4n) is 6.04. The van der Waals surface area contributed by atoms with E-state index in [0.29, 0.717) is 13.0 Å². The number of carbonyl (C=O) groups is 3. The number of amides is 3. The molecule has 2 bridgehead atoms. The molecule has 4 N–H and O–H groups in total. The number of carbonyl (C=O) groups excluding carboxylic acids is 3. The van der Waals surface area contributed by atoms with Crippen LogP contribution in [0.15, 0.2) is 54.6 Å². The Kier molecular flexibility index (Phi) is 8.87. The number of hydrogen-bond donors (Lipinski definition) is 3. The molecule has 0 aliphatic carbocycles. The van der Waals surface area contributed by atoms with Crippen molar-refractivity contribution >= 4 is 17.7 Å². The first-order valence-electron chi connectivity index (χ1n) is 14.0. The molecule has 2 heterocycles. The van der Waals surface area contributed by atoms with Gasteiger partial charge in [-0.15, -0.1) is 0 Å². The molecular formula is C31H42N4O3. The summed E-state index contributed by atoms with van der Waals surface area (Å²) < 4.78 is 0. The van der Waals surface area contributed by atoms with Gasteiger partial charge in [-0.25, -0.2) is 0 Å². The zero-order chi connectivity index (χ0) is 27.3. The summed E-state index contributed by atoms with van der Waals surface area (Å²) in [6.07, 6.45) is 5.74. The Morgan fingerprint density at radius 2 is 1.63 bits per heavy atom. The van der Waals surface area contributed by atoms with Crippen LogP contribution in [0, 0.1) is 0 Å². The van der Waals surface area contributed by atoms with E-state index in [4.69, 9.17) is 5.73 Å². The van der Waals surface area contributed by atoms with Gasteiger partial charge in [0.15, 0.2) is 0 Å². The van der Waals surface area contributed by atoms with Gasteiger partial charge in [0.25, 0.3) is 5.91 Å². The molecule has 2 fully saturated rings. The summed E-state index contributed by atoms with van der Waals surface area (Å²) in [5.74, 6) is -0.128. The van der Waals surface area contributed by atoms with Crippen LogP contribution >= 0.6 is 0 Å². The molecule has 2 aliphatic heterocycles. The fraction of sp³-hybridized carbons (Fsp3) is 0.516. The Morgan fingerprint density at radius 3 is 2.26 bits per heavy atom. The summed E-state index contributed by atoms with van der Waals surface area (Å²) in [5.41, 5.74) is 8.02. The standard InChI is InChI=1S/C31H42N4O3/c1-4-33-28(36)26-15-9-8-14-25(26)22-19-23-17-18-24(20-22)35(23)29(37)27(34-30(38)31(2,3)32)16-10-13-21-11-6-5-7-12-21/h5-9,11-12,14-15,22-24,27H,4,10,13,16-20,32H2,1-3H3,(H,33,36)(H,34,38)/t22?,23?,24?,27-/m0/s1. The lowest BCUT2D eigenvalue weighted by atomic mass is 9.82. The summed E-state index contributed by atoms with van der Waals surface area (Å²) in [6.45, 7) is 5.83. The Labute approximate surface area is 226 Å². The molecular weight excluding hydrogens is 476 g/mol. The third-order valence-electron chi connectivity index (χ3n) is 7.96. The summed E-state index contributed by atoms with van der Waals surface area (Å²) in [4.78, 5) is 41.5. The van der Waals surface area contributed by atoms with Gasteiger partial charge in [0.2, 0.25) is 11.8 Å². The molecule has 204 valence electrons. The van der Waals surface area contributed by atoms with Crippen LogP contribution in [0.5, 0.6) is 0 Å². The van der Waals surface area contributed by atoms with E-state index < -0.39 is 11.6 Å². The topological polar surface area (TPSA) is 105 Å². The maximum atomic E-state index is 14.0. The molecule has 38 heavy (non-hydrogen) atoms. The number of nitrogens with one attached hydrogen (secondary N) is 2. The van der Waals surface area contributed by atoms with Crippen LogP contribution in [-0.2, 0) is 16.0 Å². The average Bonchev–Trinajstić information content (AvgIpc) is 3.16. The van der Waals surface area contributed by atoms with Gasteiger partial charge in [0.05, 0.1) is 5.54 Å². The molecule has 0 radical (unpaired) electrons. The summed E-state index contributed by atoms with van der Waals surface area (Å²) in [7, 11) is 0. The Balaban J connectivity index is 1.49. The second-order valence-electron chi connectivity index (χ2n) is 11.4. The highest BCUT2D eigenvalue weighted by atomic mass is 16.2. The van der Waals surface area contributed by atoms with E-state index in [-0.39, 0.29) is 35.7 Å². The maximum Gasteiger partial charge on any atom is 0.251 e. The molecule has 2 saturated heterocycles. The van der Waals surface area contributed by atoms with Crippen molar-refractivity contribution in [1.82, 2.24) is 15.5 Å². The first-order chi connectivity index (χ1) is 18.2. The minimum Gasteiger partial charge on any atom is -0.352 e. The smallest absolute Gasteiger partial charge is 0.251 e. The second kappa shape index (κ2) is 12.1. The summed E-state index contributed by atoms with van der Waals surface area (Å²) in [5, 5.41) is 5.91. The monoisotopic (exact) mass is 518 g/mol. The lowest BCUT2D eigenvalue weighted by Crippen LogP contribution is -2.58. The normalized spacial score (nSPS) is 21.6. The van der Waals surface area contributed by atoms with Crippen LogP contribution in [0.1, 0.15) is 86.7 Å². The van der Waals surface area contributed by atoms with E-state index in [1.54, 1.807) is 13.8 Å². The first-order valence-corrected chi connectivity index (χ1v) is 14.0. The van der Waals surface area contributed by atoms with Gasteiger partial charge >= 0.3 is 0 Å². The number of aryl methyl sites for hydroxylation is 1. The molecule has 0 spiro atoms. The van der Waals surface area contributed by atoms with E-state index in [1.807, 2.05) is 48.2 Å². The van der Waals surface area contributed by atoms with Crippen molar-refractivity contribution in [1.29, 1.82) is 0 Å². The van der Waals surface area contributed by atoms with Crippen LogP contribution in [-0.4, -0.2) is 52.8 Å². The molecule has 7 nitrogen and oxygen atoms in total. The molecule has 0 saturated carbocycles. The van der Waals surface area contributed by atoms with Gasteiger partial charge in [-0.3, -0.25) is 14.4 Å². The van der Waals surface area contributed by atoms with Crippen LogP contribution in [0.4, 0.5) is 0 Å². The Morgan fingerprint density at radius 1 is 1.00 bits per heavy atom. The van der Waals surface area contributed by atoms with Gasteiger partial charge in [-0.1, -0.05) is 48.5 Å². The number of fused-ring (bicyclic) bond motifs is 2. The molecule has 0 aromatic heterocycles.